The topological polar surface area (TPSA) is 24.9 Å². The fourth-order valence-electron chi connectivity index (χ4n) is 2.16. The highest BCUT2D eigenvalue weighted by Crippen LogP contribution is 2.29. The Morgan fingerprint density at radius 3 is 2.79 bits per heavy atom. The SMILES string of the molecule is CCNCC(Cc1cnc(C)s1)c1ccccc1Br. The van der Waals surface area contributed by atoms with Crippen molar-refractivity contribution in [1.82, 2.24) is 10.3 Å². The van der Waals surface area contributed by atoms with Gasteiger partial charge < -0.3 is 5.32 Å². The number of rotatable bonds is 6. The molecule has 0 aliphatic carbocycles. The van der Waals surface area contributed by atoms with Gasteiger partial charge in [0.15, 0.2) is 0 Å². The van der Waals surface area contributed by atoms with Crippen molar-refractivity contribution >= 4 is 27.3 Å². The molecule has 1 aromatic carbocycles. The van der Waals surface area contributed by atoms with E-state index in [1.54, 1.807) is 11.3 Å². The van der Waals surface area contributed by atoms with Crippen LogP contribution in [-0.4, -0.2) is 18.1 Å². The van der Waals surface area contributed by atoms with E-state index >= 15 is 0 Å². The molecule has 19 heavy (non-hydrogen) atoms. The maximum Gasteiger partial charge on any atom is 0.0896 e. The van der Waals surface area contributed by atoms with Crippen LogP contribution in [0.5, 0.6) is 0 Å². The average Bonchev–Trinajstić information content (AvgIpc) is 2.81. The number of aromatic nitrogens is 1. The lowest BCUT2D eigenvalue weighted by molar-refractivity contribution is 0.596. The highest BCUT2D eigenvalue weighted by atomic mass is 79.9. The van der Waals surface area contributed by atoms with Gasteiger partial charge in [0.2, 0.25) is 0 Å². The Morgan fingerprint density at radius 2 is 2.16 bits per heavy atom. The zero-order valence-electron chi connectivity index (χ0n) is 11.3. The van der Waals surface area contributed by atoms with Crippen molar-refractivity contribution in [3.05, 3.63) is 50.4 Å². The molecule has 0 saturated heterocycles. The number of likely N-dealkylation sites (N-methyl/N-ethyl adjacent to an activating group) is 1. The summed E-state index contributed by atoms with van der Waals surface area (Å²) < 4.78 is 1.19. The summed E-state index contributed by atoms with van der Waals surface area (Å²) in [5.74, 6) is 0.482. The standard InChI is InChI=1S/C15H19BrN2S/c1-3-17-9-12(8-13-10-18-11(2)19-13)14-6-4-5-7-15(14)16/h4-7,10,12,17H,3,8-9H2,1-2H3. The molecule has 0 radical (unpaired) electrons. The van der Waals surface area contributed by atoms with Gasteiger partial charge in [-0.05, 0) is 31.5 Å². The third-order valence-electron chi connectivity index (χ3n) is 3.10. The molecule has 1 aromatic heterocycles. The van der Waals surface area contributed by atoms with Gasteiger partial charge in [-0.2, -0.15) is 0 Å². The summed E-state index contributed by atoms with van der Waals surface area (Å²) in [5, 5.41) is 4.61. The minimum absolute atomic E-state index is 0.482. The first-order valence-electron chi connectivity index (χ1n) is 6.57. The van der Waals surface area contributed by atoms with Crippen molar-refractivity contribution in [2.45, 2.75) is 26.2 Å². The Balaban J connectivity index is 2.18. The van der Waals surface area contributed by atoms with Gasteiger partial charge in [0, 0.05) is 28.0 Å². The van der Waals surface area contributed by atoms with E-state index < -0.39 is 0 Å². The molecule has 1 heterocycles. The predicted octanol–water partition coefficient (Wildman–Crippen LogP) is 4.15. The first kappa shape index (κ1) is 14.7. The zero-order chi connectivity index (χ0) is 13.7. The largest absolute Gasteiger partial charge is 0.316 e. The molecule has 0 bridgehead atoms. The number of nitrogens with zero attached hydrogens (tertiary/aromatic N) is 1. The molecule has 0 saturated carbocycles. The van der Waals surface area contributed by atoms with E-state index in [0.29, 0.717) is 5.92 Å². The molecule has 1 unspecified atom stereocenters. The van der Waals surface area contributed by atoms with Crippen LogP contribution >= 0.6 is 27.3 Å². The molecule has 0 aliphatic rings. The third kappa shape index (κ3) is 4.13. The number of hydrogen-bond donors (Lipinski definition) is 1. The number of benzene rings is 1. The summed E-state index contributed by atoms with van der Waals surface area (Å²) in [6.45, 7) is 6.21. The number of thiazole rings is 1. The van der Waals surface area contributed by atoms with Crippen molar-refractivity contribution in [2.75, 3.05) is 13.1 Å². The first-order chi connectivity index (χ1) is 9.20. The van der Waals surface area contributed by atoms with Crippen molar-refractivity contribution in [3.63, 3.8) is 0 Å². The van der Waals surface area contributed by atoms with Crippen LogP contribution in [-0.2, 0) is 6.42 Å². The lowest BCUT2D eigenvalue weighted by Crippen LogP contribution is -2.22. The van der Waals surface area contributed by atoms with Crippen molar-refractivity contribution in [3.8, 4) is 0 Å². The minimum atomic E-state index is 0.482. The first-order valence-corrected chi connectivity index (χ1v) is 8.18. The fourth-order valence-corrected chi connectivity index (χ4v) is 3.64. The van der Waals surface area contributed by atoms with Crippen LogP contribution in [0.2, 0.25) is 0 Å². The lowest BCUT2D eigenvalue weighted by atomic mass is 9.95. The van der Waals surface area contributed by atoms with Gasteiger partial charge in [0.05, 0.1) is 5.01 Å². The van der Waals surface area contributed by atoms with Crippen LogP contribution in [0.4, 0.5) is 0 Å². The van der Waals surface area contributed by atoms with Crippen LogP contribution in [0.3, 0.4) is 0 Å². The van der Waals surface area contributed by atoms with Gasteiger partial charge in [-0.3, -0.25) is 0 Å². The van der Waals surface area contributed by atoms with Gasteiger partial charge in [-0.25, -0.2) is 4.98 Å². The van der Waals surface area contributed by atoms with Gasteiger partial charge >= 0.3 is 0 Å². The lowest BCUT2D eigenvalue weighted by Gasteiger charge is -2.18. The quantitative estimate of drug-likeness (QED) is 0.855. The fraction of sp³-hybridized carbons (Fsp3) is 0.400. The molecule has 4 heteroatoms. The van der Waals surface area contributed by atoms with Crippen molar-refractivity contribution in [2.24, 2.45) is 0 Å². The highest BCUT2D eigenvalue weighted by Gasteiger charge is 2.15. The van der Waals surface area contributed by atoms with Crippen LogP contribution < -0.4 is 5.32 Å². The Kier molecular flexibility index (Phi) is 5.55. The summed E-state index contributed by atoms with van der Waals surface area (Å²) in [6.07, 6.45) is 3.05. The molecule has 2 aromatic rings. The summed E-state index contributed by atoms with van der Waals surface area (Å²) in [4.78, 5) is 5.71. The highest BCUT2D eigenvalue weighted by molar-refractivity contribution is 9.10. The van der Waals surface area contributed by atoms with Crippen LogP contribution in [0.25, 0.3) is 0 Å². The smallest absolute Gasteiger partial charge is 0.0896 e. The molecule has 2 rings (SSSR count). The molecule has 0 fully saturated rings. The molecule has 0 amide bonds. The Hall–Kier alpha value is -0.710. The summed E-state index contributed by atoms with van der Waals surface area (Å²) >= 11 is 5.46. The van der Waals surface area contributed by atoms with Crippen molar-refractivity contribution in [1.29, 1.82) is 0 Å². The Morgan fingerprint density at radius 1 is 1.37 bits per heavy atom. The van der Waals surface area contributed by atoms with E-state index in [4.69, 9.17) is 0 Å². The molecule has 0 spiro atoms. The summed E-state index contributed by atoms with van der Waals surface area (Å²) in [7, 11) is 0. The van der Waals surface area contributed by atoms with E-state index in [-0.39, 0.29) is 0 Å². The van der Waals surface area contributed by atoms with Gasteiger partial charge in [0.25, 0.3) is 0 Å². The minimum Gasteiger partial charge on any atom is -0.316 e. The average molecular weight is 339 g/mol. The van der Waals surface area contributed by atoms with E-state index in [1.807, 2.05) is 6.20 Å². The van der Waals surface area contributed by atoms with Crippen LogP contribution in [0.1, 0.15) is 28.3 Å². The molecular weight excluding hydrogens is 320 g/mol. The van der Waals surface area contributed by atoms with Crippen LogP contribution in [0.15, 0.2) is 34.9 Å². The predicted molar refractivity (Wildman–Crippen MR) is 86.0 cm³/mol. The van der Waals surface area contributed by atoms with Gasteiger partial charge in [0.1, 0.15) is 0 Å². The number of nitrogens with one attached hydrogen (secondary N) is 1. The monoisotopic (exact) mass is 338 g/mol. The van der Waals surface area contributed by atoms with E-state index in [9.17, 15) is 0 Å². The molecular formula is C15H19BrN2S. The molecule has 1 atom stereocenters. The normalized spacial score (nSPS) is 12.6. The molecule has 102 valence electrons. The zero-order valence-corrected chi connectivity index (χ0v) is 13.7. The van der Waals surface area contributed by atoms with Gasteiger partial charge in [-0.15, -0.1) is 11.3 Å². The third-order valence-corrected chi connectivity index (χ3v) is 4.76. The second kappa shape index (κ2) is 7.17. The molecule has 1 N–H and O–H groups in total. The summed E-state index contributed by atoms with van der Waals surface area (Å²) in [6, 6.07) is 8.50. The van der Waals surface area contributed by atoms with Crippen molar-refractivity contribution < 1.29 is 0 Å². The Bertz CT molecular complexity index is 524. The second-order valence-corrected chi connectivity index (χ2v) is 6.75. The van der Waals surface area contributed by atoms with Gasteiger partial charge in [-0.1, -0.05) is 41.1 Å². The maximum atomic E-state index is 4.35. The number of hydrogen-bond acceptors (Lipinski definition) is 3. The van der Waals surface area contributed by atoms with Crippen LogP contribution in [0, 0.1) is 6.92 Å². The van der Waals surface area contributed by atoms with E-state index in [0.717, 1.165) is 24.5 Å². The van der Waals surface area contributed by atoms with E-state index in [1.165, 1.54) is 14.9 Å². The second-order valence-electron chi connectivity index (χ2n) is 4.58. The number of halogens is 1. The van der Waals surface area contributed by atoms with E-state index in [2.05, 4.69) is 64.3 Å². The summed E-state index contributed by atoms with van der Waals surface area (Å²) in [5.41, 5.74) is 1.37. The molecule has 0 aliphatic heterocycles. The number of aryl methyl sites for hydroxylation is 1. The Labute approximate surface area is 127 Å². The maximum absolute atomic E-state index is 4.35. The molecule has 2 nitrogen and oxygen atoms in total.